The van der Waals surface area contributed by atoms with Gasteiger partial charge in [0.2, 0.25) is 11.8 Å². The quantitative estimate of drug-likeness (QED) is 0.358. The van der Waals surface area contributed by atoms with E-state index < -0.39 is 24.2 Å². The molecule has 2 amide bonds. The second-order valence-electron chi connectivity index (χ2n) is 10.8. The van der Waals surface area contributed by atoms with Crippen LogP contribution >= 0.6 is 0 Å². The molecule has 8 heteroatoms. The lowest BCUT2D eigenvalue weighted by Crippen LogP contribution is -2.57. The van der Waals surface area contributed by atoms with Crippen LogP contribution in [0.4, 0.5) is 0 Å². The minimum atomic E-state index is -1.01. The van der Waals surface area contributed by atoms with Crippen LogP contribution in [0.5, 0.6) is 5.75 Å². The molecule has 4 unspecified atom stereocenters. The zero-order chi connectivity index (χ0) is 26.9. The van der Waals surface area contributed by atoms with Crippen LogP contribution in [0.25, 0.3) is 10.9 Å². The van der Waals surface area contributed by atoms with Crippen LogP contribution in [0, 0.1) is 5.92 Å². The van der Waals surface area contributed by atoms with E-state index in [2.05, 4.69) is 22.4 Å². The summed E-state index contributed by atoms with van der Waals surface area (Å²) in [5.74, 6) is -0.199. The molecule has 4 atom stereocenters. The predicted octanol–water partition coefficient (Wildman–Crippen LogP) is 3.05. The van der Waals surface area contributed by atoms with Gasteiger partial charge in [0.1, 0.15) is 18.0 Å². The first-order valence-corrected chi connectivity index (χ1v) is 14.0. The first-order valence-electron chi connectivity index (χ1n) is 14.0. The number of para-hydroxylation sites is 2. The van der Waals surface area contributed by atoms with Crippen molar-refractivity contribution < 1.29 is 24.5 Å². The zero-order valence-electron chi connectivity index (χ0n) is 21.9. The summed E-state index contributed by atoms with van der Waals surface area (Å²) in [5.41, 5.74) is 3.36. The Labute approximate surface area is 227 Å². The van der Waals surface area contributed by atoms with E-state index in [0.29, 0.717) is 24.3 Å². The van der Waals surface area contributed by atoms with Gasteiger partial charge in [-0.25, -0.2) is 0 Å². The normalized spacial score (nSPS) is 24.1. The topological polar surface area (TPSA) is 115 Å². The summed E-state index contributed by atoms with van der Waals surface area (Å²) in [6.45, 7) is 0.341. The highest BCUT2D eigenvalue weighted by molar-refractivity contribution is 5.96. The molecule has 6 rings (SSSR count). The lowest BCUT2D eigenvalue weighted by atomic mass is 9.77. The molecule has 1 aromatic heterocycles. The van der Waals surface area contributed by atoms with Crippen molar-refractivity contribution in [3.05, 3.63) is 77.5 Å². The Morgan fingerprint density at radius 2 is 1.85 bits per heavy atom. The molecule has 0 saturated heterocycles. The van der Waals surface area contributed by atoms with Gasteiger partial charge in [0.05, 0.1) is 18.6 Å². The number of carbonyl (C=O) groups is 2. The summed E-state index contributed by atoms with van der Waals surface area (Å²) in [6.07, 6.45) is 4.37. The van der Waals surface area contributed by atoms with Gasteiger partial charge in [-0.15, -0.1) is 0 Å². The highest BCUT2D eigenvalue weighted by atomic mass is 16.5. The Bertz CT molecular complexity index is 1360. The summed E-state index contributed by atoms with van der Waals surface area (Å²) in [5, 5.41) is 24.9. The van der Waals surface area contributed by atoms with Crippen molar-refractivity contribution in [2.75, 3.05) is 19.7 Å². The number of aliphatic hydroxyl groups excluding tert-OH is 2. The molecule has 1 aliphatic heterocycles. The van der Waals surface area contributed by atoms with E-state index in [1.54, 1.807) is 11.0 Å². The molecule has 0 bridgehead atoms. The number of carbonyl (C=O) groups excluding carboxylic acids is 2. The molecule has 3 aromatic rings. The number of nitrogens with zero attached hydrogens (tertiary/aromatic N) is 1. The van der Waals surface area contributed by atoms with Crippen molar-refractivity contribution in [3.63, 3.8) is 0 Å². The van der Waals surface area contributed by atoms with Gasteiger partial charge in [0.15, 0.2) is 0 Å². The number of ether oxygens (including phenoxy) is 1. The number of H-pyrrole nitrogens is 1. The fraction of sp³-hybridized carbons (Fsp3) is 0.419. The van der Waals surface area contributed by atoms with Crippen molar-refractivity contribution in [2.24, 2.45) is 5.92 Å². The fourth-order valence-corrected chi connectivity index (χ4v) is 6.51. The third-order valence-electron chi connectivity index (χ3n) is 8.43. The first kappa shape index (κ1) is 25.6. The lowest BCUT2D eigenvalue weighted by molar-refractivity contribution is -0.141. The summed E-state index contributed by atoms with van der Waals surface area (Å²) in [4.78, 5) is 32.5. The Morgan fingerprint density at radius 1 is 1.08 bits per heavy atom. The van der Waals surface area contributed by atoms with Gasteiger partial charge in [-0.2, -0.15) is 0 Å². The van der Waals surface area contributed by atoms with Gasteiger partial charge in [0.25, 0.3) is 0 Å². The minimum Gasteiger partial charge on any atom is -0.486 e. The second kappa shape index (κ2) is 10.9. The first-order chi connectivity index (χ1) is 19.0. The molecule has 1 fully saturated rings. The number of rotatable bonds is 8. The Morgan fingerprint density at radius 3 is 2.64 bits per heavy atom. The minimum absolute atomic E-state index is 0.0213. The Balaban J connectivity index is 1.35. The lowest BCUT2D eigenvalue weighted by Gasteiger charge is -2.41. The number of hydrogen-bond acceptors (Lipinski definition) is 5. The van der Waals surface area contributed by atoms with Crippen molar-refractivity contribution in [3.8, 4) is 5.75 Å². The highest BCUT2D eigenvalue weighted by Crippen LogP contribution is 2.47. The summed E-state index contributed by atoms with van der Waals surface area (Å²) in [6, 6.07) is 17.0. The van der Waals surface area contributed by atoms with Gasteiger partial charge in [0, 0.05) is 47.8 Å². The third-order valence-corrected chi connectivity index (χ3v) is 8.43. The van der Waals surface area contributed by atoms with Crippen LogP contribution < -0.4 is 10.1 Å². The van der Waals surface area contributed by atoms with E-state index >= 15 is 0 Å². The maximum absolute atomic E-state index is 13.9. The molecule has 4 N–H and O–H groups in total. The number of nitrogens with one attached hydrogen (secondary N) is 2. The SMILES string of the molecule is O=C(NCCO)C1=CC(N(CCc2cc3ccccc3[nH]2)C(=O)C2CCCC2)C(O)C2Oc3ccccc3C12. The number of aliphatic hydroxyl groups is 2. The molecule has 204 valence electrons. The second-order valence-corrected chi connectivity index (χ2v) is 10.8. The standard InChI is InChI=1S/C31H35N3O5/c35-16-14-32-30(37)23-18-25(28(36)29-27(23)22-10-4-6-12-26(22)39-29)34(31(38)19-7-1-2-8-19)15-13-21-17-20-9-3-5-11-24(20)33-21/h3-6,9-12,17-19,25,27-29,33,35-36H,1-2,7-8,13-16H2,(H,32,37). The average molecular weight is 530 g/mol. The fourth-order valence-electron chi connectivity index (χ4n) is 6.51. The number of benzene rings is 2. The van der Waals surface area contributed by atoms with Crippen molar-refractivity contribution in [1.29, 1.82) is 0 Å². The van der Waals surface area contributed by atoms with Crippen LogP contribution in [-0.4, -0.2) is 69.9 Å². The average Bonchev–Trinajstić information content (AvgIpc) is 3.71. The molecule has 0 spiro atoms. The van der Waals surface area contributed by atoms with Crippen molar-refractivity contribution in [1.82, 2.24) is 15.2 Å². The van der Waals surface area contributed by atoms with E-state index in [1.807, 2.05) is 42.5 Å². The number of amides is 2. The maximum Gasteiger partial charge on any atom is 0.247 e. The molecule has 3 aliphatic rings. The van der Waals surface area contributed by atoms with E-state index in [4.69, 9.17) is 4.74 Å². The van der Waals surface area contributed by atoms with Crippen LogP contribution in [0.2, 0.25) is 0 Å². The number of fused-ring (bicyclic) bond motifs is 4. The molecule has 1 saturated carbocycles. The summed E-state index contributed by atoms with van der Waals surface area (Å²) >= 11 is 0. The predicted molar refractivity (Wildman–Crippen MR) is 147 cm³/mol. The molecular formula is C31H35N3O5. The molecule has 2 aliphatic carbocycles. The smallest absolute Gasteiger partial charge is 0.247 e. The van der Waals surface area contributed by atoms with E-state index in [1.165, 1.54) is 0 Å². The number of hydrogen-bond donors (Lipinski definition) is 4. The molecule has 8 nitrogen and oxygen atoms in total. The van der Waals surface area contributed by atoms with E-state index in [9.17, 15) is 19.8 Å². The molecule has 39 heavy (non-hydrogen) atoms. The zero-order valence-corrected chi connectivity index (χ0v) is 21.9. The van der Waals surface area contributed by atoms with E-state index in [0.717, 1.165) is 47.8 Å². The monoisotopic (exact) mass is 529 g/mol. The molecule has 2 heterocycles. The Kier molecular flexibility index (Phi) is 7.14. The van der Waals surface area contributed by atoms with Crippen LogP contribution in [-0.2, 0) is 16.0 Å². The molecular weight excluding hydrogens is 494 g/mol. The van der Waals surface area contributed by atoms with E-state index in [-0.39, 0.29) is 30.9 Å². The van der Waals surface area contributed by atoms with Crippen LogP contribution in [0.15, 0.2) is 66.2 Å². The van der Waals surface area contributed by atoms with Gasteiger partial charge >= 0.3 is 0 Å². The maximum atomic E-state index is 13.9. The van der Waals surface area contributed by atoms with Crippen LogP contribution in [0.1, 0.15) is 42.9 Å². The molecule has 0 radical (unpaired) electrons. The van der Waals surface area contributed by atoms with Gasteiger partial charge < -0.3 is 30.2 Å². The highest BCUT2D eigenvalue weighted by Gasteiger charge is 2.50. The third kappa shape index (κ3) is 4.83. The van der Waals surface area contributed by atoms with Crippen molar-refractivity contribution in [2.45, 2.75) is 56.3 Å². The van der Waals surface area contributed by atoms with Gasteiger partial charge in [-0.1, -0.05) is 49.2 Å². The van der Waals surface area contributed by atoms with Crippen molar-refractivity contribution >= 4 is 22.7 Å². The molecule has 2 aromatic carbocycles. The van der Waals surface area contributed by atoms with Crippen LogP contribution in [0.3, 0.4) is 0 Å². The summed E-state index contributed by atoms with van der Waals surface area (Å²) in [7, 11) is 0. The van der Waals surface area contributed by atoms with Gasteiger partial charge in [-0.05, 0) is 42.5 Å². The number of aromatic nitrogens is 1. The number of aromatic amines is 1. The summed E-state index contributed by atoms with van der Waals surface area (Å²) < 4.78 is 6.23. The Hall–Kier alpha value is -3.62. The van der Waals surface area contributed by atoms with Gasteiger partial charge in [-0.3, -0.25) is 9.59 Å². The largest absolute Gasteiger partial charge is 0.486 e.